The Bertz CT molecular complexity index is 412. The van der Waals surface area contributed by atoms with Gasteiger partial charge in [-0.05, 0) is 25.1 Å². The van der Waals surface area contributed by atoms with E-state index in [0.29, 0.717) is 0 Å². The van der Waals surface area contributed by atoms with Crippen molar-refractivity contribution in [1.82, 2.24) is 15.0 Å². The Balaban J connectivity index is 2.19. The third-order valence-corrected chi connectivity index (χ3v) is 1.95. The SMILES string of the molecule is Cc1cccc(Cc2ccncn2)n1. The van der Waals surface area contributed by atoms with Crippen molar-refractivity contribution >= 4 is 0 Å². The fourth-order valence-corrected chi connectivity index (χ4v) is 1.31. The maximum absolute atomic E-state index is 4.41. The van der Waals surface area contributed by atoms with Crippen LogP contribution >= 0.6 is 0 Å². The summed E-state index contributed by atoms with van der Waals surface area (Å²) >= 11 is 0. The summed E-state index contributed by atoms with van der Waals surface area (Å²) in [5.74, 6) is 0. The molecule has 0 aliphatic rings. The number of pyridine rings is 1. The second kappa shape index (κ2) is 3.96. The molecule has 0 fully saturated rings. The minimum Gasteiger partial charge on any atom is -0.258 e. The number of hydrogen-bond donors (Lipinski definition) is 0. The minimum atomic E-state index is 0.768. The summed E-state index contributed by atoms with van der Waals surface area (Å²) in [5, 5.41) is 0. The Kier molecular flexibility index (Phi) is 2.49. The van der Waals surface area contributed by atoms with Crippen molar-refractivity contribution in [3.05, 3.63) is 53.9 Å². The maximum Gasteiger partial charge on any atom is 0.115 e. The van der Waals surface area contributed by atoms with E-state index in [4.69, 9.17) is 0 Å². The maximum atomic E-state index is 4.41. The number of rotatable bonds is 2. The lowest BCUT2D eigenvalue weighted by atomic mass is 10.2. The largest absolute Gasteiger partial charge is 0.258 e. The highest BCUT2D eigenvalue weighted by Crippen LogP contribution is 2.04. The number of aromatic nitrogens is 3. The minimum absolute atomic E-state index is 0.768. The van der Waals surface area contributed by atoms with Gasteiger partial charge in [0, 0.05) is 29.7 Å². The zero-order valence-electron chi connectivity index (χ0n) is 8.01. The fourth-order valence-electron chi connectivity index (χ4n) is 1.31. The molecule has 0 saturated heterocycles. The van der Waals surface area contributed by atoms with Crippen LogP contribution in [0.3, 0.4) is 0 Å². The van der Waals surface area contributed by atoms with Gasteiger partial charge in [-0.2, -0.15) is 0 Å². The molecule has 0 aliphatic heterocycles. The van der Waals surface area contributed by atoms with E-state index in [2.05, 4.69) is 15.0 Å². The van der Waals surface area contributed by atoms with Gasteiger partial charge in [0.15, 0.2) is 0 Å². The highest BCUT2D eigenvalue weighted by atomic mass is 14.8. The number of nitrogens with zero attached hydrogens (tertiary/aromatic N) is 3. The van der Waals surface area contributed by atoms with Crippen molar-refractivity contribution in [3.63, 3.8) is 0 Å². The predicted octanol–water partition coefficient (Wildman–Crippen LogP) is 1.77. The molecule has 2 rings (SSSR count). The van der Waals surface area contributed by atoms with Gasteiger partial charge in [-0.25, -0.2) is 9.97 Å². The Hall–Kier alpha value is -1.77. The molecule has 14 heavy (non-hydrogen) atoms. The van der Waals surface area contributed by atoms with Crippen molar-refractivity contribution in [3.8, 4) is 0 Å². The molecule has 0 N–H and O–H groups in total. The lowest BCUT2D eigenvalue weighted by molar-refractivity contribution is 0.971. The average Bonchev–Trinajstić information content (AvgIpc) is 2.19. The van der Waals surface area contributed by atoms with E-state index in [-0.39, 0.29) is 0 Å². The van der Waals surface area contributed by atoms with Crippen molar-refractivity contribution in [1.29, 1.82) is 0 Å². The quantitative estimate of drug-likeness (QED) is 0.715. The van der Waals surface area contributed by atoms with Crippen molar-refractivity contribution in [2.45, 2.75) is 13.3 Å². The molecule has 3 nitrogen and oxygen atoms in total. The molecule has 0 aliphatic carbocycles. The van der Waals surface area contributed by atoms with E-state index in [1.165, 1.54) is 0 Å². The molecule has 2 aromatic heterocycles. The first-order chi connectivity index (χ1) is 6.84. The zero-order chi connectivity index (χ0) is 9.80. The summed E-state index contributed by atoms with van der Waals surface area (Å²) in [7, 11) is 0. The van der Waals surface area contributed by atoms with Crippen molar-refractivity contribution < 1.29 is 0 Å². The summed E-state index contributed by atoms with van der Waals surface area (Å²) in [4.78, 5) is 12.4. The molecule has 0 spiro atoms. The summed E-state index contributed by atoms with van der Waals surface area (Å²) < 4.78 is 0. The topological polar surface area (TPSA) is 38.7 Å². The van der Waals surface area contributed by atoms with Gasteiger partial charge < -0.3 is 0 Å². The molecule has 0 atom stereocenters. The molecule has 0 aromatic carbocycles. The predicted molar refractivity (Wildman–Crippen MR) is 53.8 cm³/mol. The van der Waals surface area contributed by atoms with E-state index in [1.807, 2.05) is 31.2 Å². The zero-order valence-corrected chi connectivity index (χ0v) is 8.01. The molecule has 70 valence electrons. The van der Waals surface area contributed by atoms with Crippen molar-refractivity contribution in [2.24, 2.45) is 0 Å². The third kappa shape index (κ3) is 2.13. The Morgan fingerprint density at radius 1 is 1.14 bits per heavy atom. The Labute approximate surface area is 82.9 Å². The van der Waals surface area contributed by atoms with Crippen LogP contribution in [0.4, 0.5) is 0 Å². The summed E-state index contributed by atoms with van der Waals surface area (Å²) in [6, 6.07) is 7.92. The average molecular weight is 185 g/mol. The monoisotopic (exact) mass is 185 g/mol. The van der Waals surface area contributed by atoms with Gasteiger partial charge in [0.25, 0.3) is 0 Å². The third-order valence-electron chi connectivity index (χ3n) is 1.95. The van der Waals surface area contributed by atoms with Crippen LogP contribution in [0.2, 0.25) is 0 Å². The fraction of sp³-hybridized carbons (Fsp3) is 0.182. The Morgan fingerprint density at radius 3 is 2.79 bits per heavy atom. The molecule has 0 unspecified atom stereocenters. The summed E-state index contributed by atoms with van der Waals surface area (Å²) in [6.45, 7) is 1.99. The lowest BCUT2D eigenvalue weighted by Gasteiger charge is -2.00. The summed E-state index contributed by atoms with van der Waals surface area (Å²) in [6.07, 6.45) is 4.08. The first kappa shape index (κ1) is 8.81. The molecule has 3 heteroatoms. The second-order valence-electron chi connectivity index (χ2n) is 3.15. The van der Waals surface area contributed by atoms with Gasteiger partial charge in [0.1, 0.15) is 6.33 Å². The van der Waals surface area contributed by atoms with Crippen LogP contribution < -0.4 is 0 Å². The van der Waals surface area contributed by atoms with Crippen LogP contribution in [0.25, 0.3) is 0 Å². The van der Waals surface area contributed by atoms with E-state index >= 15 is 0 Å². The smallest absolute Gasteiger partial charge is 0.115 e. The Morgan fingerprint density at radius 2 is 2.07 bits per heavy atom. The first-order valence-electron chi connectivity index (χ1n) is 4.52. The van der Waals surface area contributed by atoms with Gasteiger partial charge in [0.2, 0.25) is 0 Å². The molecular weight excluding hydrogens is 174 g/mol. The van der Waals surface area contributed by atoms with Crippen LogP contribution in [0.5, 0.6) is 0 Å². The van der Waals surface area contributed by atoms with E-state index in [0.717, 1.165) is 23.5 Å². The van der Waals surface area contributed by atoms with Gasteiger partial charge >= 0.3 is 0 Å². The van der Waals surface area contributed by atoms with Crippen LogP contribution in [0.1, 0.15) is 17.1 Å². The second-order valence-corrected chi connectivity index (χ2v) is 3.15. The molecule has 2 heterocycles. The number of aryl methyl sites for hydroxylation is 1. The highest BCUT2D eigenvalue weighted by Gasteiger charge is 1.97. The van der Waals surface area contributed by atoms with Crippen LogP contribution in [0.15, 0.2) is 36.8 Å². The molecule has 0 amide bonds. The summed E-state index contributed by atoms with van der Waals surface area (Å²) in [5.41, 5.74) is 3.08. The van der Waals surface area contributed by atoms with Gasteiger partial charge in [-0.15, -0.1) is 0 Å². The molecule has 0 radical (unpaired) electrons. The van der Waals surface area contributed by atoms with Crippen molar-refractivity contribution in [2.75, 3.05) is 0 Å². The molecule has 0 bridgehead atoms. The lowest BCUT2D eigenvalue weighted by Crippen LogP contribution is -1.95. The van der Waals surface area contributed by atoms with Gasteiger partial charge in [0.05, 0.1) is 0 Å². The molecule has 2 aromatic rings. The molecular formula is C11H11N3. The van der Waals surface area contributed by atoms with E-state index in [1.54, 1.807) is 12.5 Å². The van der Waals surface area contributed by atoms with Crippen LogP contribution in [0, 0.1) is 6.92 Å². The van der Waals surface area contributed by atoms with E-state index in [9.17, 15) is 0 Å². The van der Waals surface area contributed by atoms with Crippen LogP contribution in [-0.2, 0) is 6.42 Å². The number of hydrogen-bond acceptors (Lipinski definition) is 3. The van der Waals surface area contributed by atoms with E-state index < -0.39 is 0 Å². The first-order valence-corrected chi connectivity index (χ1v) is 4.52. The van der Waals surface area contributed by atoms with Gasteiger partial charge in [-0.1, -0.05) is 6.07 Å². The molecule has 0 saturated carbocycles. The van der Waals surface area contributed by atoms with Gasteiger partial charge in [-0.3, -0.25) is 4.98 Å². The van der Waals surface area contributed by atoms with Crippen LogP contribution in [-0.4, -0.2) is 15.0 Å². The standard InChI is InChI=1S/C11H11N3/c1-9-3-2-4-11(14-9)7-10-5-6-12-8-13-10/h2-6,8H,7H2,1H3. The highest BCUT2D eigenvalue weighted by molar-refractivity contribution is 5.15. The normalized spacial score (nSPS) is 10.1.